The van der Waals surface area contributed by atoms with E-state index in [2.05, 4.69) is 163 Å². The van der Waals surface area contributed by atoms with Crippen molar-refractivity contribution in [3.05, 3.63) is 158 Å². The lowest BCUT2D eigenvalue weighted by Gasteiger charge is -2.14. The third-order valence-corrected chi connectivity index (χ3v) is 14.0. The summed E-state index contributed by atoms with van der Waals surface area (Å²) in [5.74, 6) is -2.12. The molecule has 3 aliphatic rings. The fraction of sp³-hybridized carbons (Fsp3) is 0.226. The molecular weight excluding hydrogens is 909 g/mol. The van der Waals surface area contributed by atoms with Crippen molar-refractivity contribution >= 4 is 75.7 Å². The summed E-state index contributed by atoms with van der Waals surface area (Å²) in [6.07, 6.45) is 8.61. The topological polar surface area (TPSA) is 150 Å². The number of hydroxylamine groups is 2. The van der Waals surface area contributed by atoms with Crippen molar-refractivity contribution < 1.29 is 24.0 Å². The molecule has 0 radical (unpaired) electrons. The van der Waals surface area contributed by atoms with Crippen LogP contribution in [0.5, 0.6) is 0 Å². The van der Waals surface area contributed by atoms with E-state index in [1.807, 2.05) is 24.3 Å². The highest BCUT2D eigenvalue weighted by atomic mass is 16.7. The number of amides is 3. The van der Waals surface area contributed by atoms with Crippen molar-refractivity contribution in [1.82, 2.24) is 25.0 Å². The zero-order valence-electron chi connectivity index (χ0n) is 42.8. The maximum atomic E-state index is 13.1. The summed E-state index contributed by atoms with van der Waals surface area (Å²) < 4.78 is 0. The first-order chi connectivity index (χ1) is 35.0. The molecule has 3 aromatic heterocycles. The molecule has 11 heteroatoms. The maximum Gasteiger partial charge on any atom is 0.333 e. The lowest BCUT2D eigenvalue weighted by atomic mass is 9.92. The summed E-state index contributed by atoms with van der Waals surface area (Å²) in [6.45, 7) is 19.5. The SMILES string of the molecule is Cc1cc(C)c(-c2c3nc(c(-c4c(C)cc(C)cc4C)c4ccc([nH]4)c(-c4c(C)cc(C)cc4C)c4nc(c(-c5ccc(NC(=O)CCCC(=O)ON6C(=O)CCC6=O)cc5)c5ccc2[nH]5)C=C4)C=C3)c(C)c1. The van der Waals surface area contributed by atoms with Crippen LogP contribution < -0.4 is 5.32 Å². The number of nitrogens with zero attached hydrogens (tertiary/aromatic N) is 3. The summed E-state index contributed by atoms with van der Waals surface area (Å²) in [5, 5.41) is 3.48. The Hall–Kier alpha value is -8.44. The Balaban J connectivity index is 1.17. The first kappa shape index (κ1) is 48.2. The van der Waals surface area contributed by atoms with Gasteiger partial charge in [-0.15, -0.1) is 5.06 Å². The van der Waals surface area contributed by atoms with Crippen LogP contribution in [0.2, 0.25) is 0 Å². The van der Waals surface area contributed by atoms with Crippen LogP contribution >= 0.6 is 0 Å². The Morgan fingerprint density at radius 2 is 0.849 bits per heavy atom. The van der Waals surface area contributed by atoms with Gasteiger partial charge in [-0.05, 0) is 185 Å². The average Bonchev–Trinajstić information content (AvgIpc) is 4.20. The molecule has 7 aromatic rings. The second-order valence-corrected chi connectivity index (χ2v) is 19.8. The predicted molar refractivity (Wildman–Crippen MR) is 293 cm³/mol. The summed E-state index contributed by atoms with van der Waals surface area (Å²) in [6, 6.07) is 29.7. The molecule has 73 heavy (non-hydrogen) atoms. The van der Waals surface area contributed by atoms with E-state index in [-0.39, 0.29) is 38.0 Å². The van der Waals surface area contributed by atoms with Crippen molar-refractivity contribution in [3.8, 4) is 44.5 Å². The molecule has 0 saturated carbocycles. The second kappa shape index (κ2) is 19.3. The minimum Gasteiger partial charge on any atom is -0.354 e. The van der Waals surface area contributed by atoms with Gasteiger partial charge in [-0.25, -0.2) is 14.8 Å². The zero-order chi connectivity index (χ0) is 51.4. The van der Waals surface area contributed by atoms with Crippen LogP contribution in [0, 0.1) is 62.3 Å². The fourth-order valence-electron chi connectivity index (χ4n) is 11.2. The molecule has 4 aromatic carbocycles. The molecule has 10 rings (SSSR count). The smallest absolute Gasteiger partial charge is 0.333 e. The first-order valence-electron chi connectivity index (χ1n) is 24.9. The van der Waals surface area contributed by atoms with E-state index in [0.717, 1.165) is 112 Å². The number of carbonyl (C=O) groups is 4. The quantitative estimate of drug-likeness (QED) is 0.115. The fourth-order valence-corrected chi connectivity index (χ4v) is 11.2. The molecule has 1 fully saturated rings. The minimum absolute atomic E-state index is 0.0142. The van der Waals surface area contributed by atoms with Gasteiger partial charge < -0.3 is 20.1 Å². The molecule has 1 saturated heterocycles. The van der Waals surface area contributed by atoms with Crippen LogP contribution in [0.15, 0.2) is 84.9 Å². The number of benzene rings is 4. The number of hydrogen-bond donors (Lipinski definition) is 3. The first-order valence-corrected chi connectivity index (χ1v) is 24.9. The van der Waals surface area contributed by atoms with Crippen molar-refractivity contribution in [2.45, 2.75) is 94.4 Å². The lowest BCUT2D eigenvalue weighted by Crippen LogP contribution is -2.32. The van der Waals surface area contributed by atoms with E-state index in [4.69, 9.17) is 14.8 Å². The monoisotopic (exact) mass is 966 g/mol. The third kappa shape index (κ3) is 9.34. The van der Waals surface area contributed by atoms with Gasteiger partial charge in [-0.2, -0.15) is 0 Å². The van der Waals surface area contributed by atoms with Gasteiger partial charge in [0.05, 0.1) is 22.8 Å². The van der Waals surface area contributed by atoms with E-state index in [1.54, 1.807) is 0 Å². The number of hydrogen-bond acceptors (Lipinski definition) is 7. The number of aryl methyl sites for hydroxylation is 9. The van der Waals surface area contributed by atoms with E-state index >= 15 is 0 Å². The Morgan fingerprint density at radius 3 is 1.23 bits per heavy atom. The molecule has 3 aliphatic heterocycles. The Kier molecular flexibility index (Phi) is 12.7. The van der Waals surface area contributed by atoms with Gasteiger partial charge in [0.25, 0.3) is 11.8 Å². The van der Waals surface area contributed by atoms with Gasteiger partial charge in [-0.3, -0.25) is 14.4 Å². The Morgan fingerprint density at radius 1 is 0.493 bits per heavy atom. The number of nitrogens with one attached hydrogen (secondary N) is 3. The molecule has 0 atom stereocenters. The third-order valence-electron chi connectivity index (χ3n) is 14.0. The van der Waals surface area contributed by atoms with Crippen molar-refractivity contribution in [3.63, 3.8) is 0 Å². The van der Waals surface area contributed by atoms with Crippen molar-refractivity contribution in [2.75, 3.05) is 5.32 Å². The number of aromatic amines is 2. The number of fused-ring (bicyclic) bond motifs is 8. The standard InChI is InChI=1S/C62H58N6O5/c1-33-27-36(4)56(37(5)28-33)60-46-19-17-44(64-46)59(42-13-15-43(16-14-42)63-52(69)11-10-12-55(72)73-68-53(70)25-26-54(68)71)45-18-20-47(65-45)61(57-38(6)29-34(2)30-39(57)7)49-22-24-51(67-49)62(50-23-21-48(60)66-50)58-40(8)31-35(3)32-41(58)9/h13-24,27-32,64,67H,10-12,25-26H2,1-9H3,(H,63,69). The van der Waals surface area contributed by atoms with Crippen molar-refractivity contribution in [2.24, 2.45) is 0 Å². The highest BCUT2D eigenvalue weighted by molar-refractivity contribution is 6.03. The number of carbonyl (C=O) groups excluding carboxylic acids is 4. The van der Waals surface area contributed by atoms with Gasteiger partial charge in [0.2, 0.25) is 5.91 Å². The molecule has 8 bridgehead atoms. The number of rotatable bonds is 10. The number of aromatic nitrogens is 4. The zero-order valence-corrected chi connectivity index (χ0v) is 42.8. The summed E-state index contributed by atoms with van der Waals surface area (Å²) in [7, 11) is 0. The van der Waals surface area contributed by atoms with E-state index < -0.39 is 17.8 Å². The normalized spacial score (nSPS) is 13.1. The largest absolute Gasteiger partial charge is 0.354 e. The molecular formula is C62H58N6O5. The summed E-state index contributed by atoms with van der Waals surface area (Å²) >= 11 is 0. The van der Waals surface area contributed by atoms with Crippen LogP contribution in [0.4, 0.5) is 5.69 Å². The average molecular weight is 967 g/mol. The van der Waals surface area contributed by atoms with Gasteiger partial charge in [-0.1, -0.05) is 65.2 Å². The summed E-state index contributed by atoms with van der Waals surface area (Å²) in [5.41, 5.74) is 26.2. The van der Waals surface area contributed by atoms with E-state index in [9.17, 15) is 19.2 Å². The second-order valence-electron chi connectivity index (χ2n) is 19.8. The van der Waals surface area contributed by atoms with E-state index in [1.165, 1.54) is 27.8 Å². The van der Waals surface area contributed by atoms with Gasteiger partial charge in [0.15, 0.2) is 0 Å². The van der Waals surface area contributed by atoms with Gasteiger partial charge >= 0.3 is 5.97 Å². The van der Waals surface area contributed by atoms with Crippen LogP contribution in [-0.4, -0.2) is 48.7 Å². The molecule has 366 valence electrons. The highest BCUT2D eigenvalue weighted by Crippen LogP contribution is 2.42. The van der Waals surface area contributed by atoms with Crippen LogP contribution in [0.25, 0.3) is 90.9 Å². The molecule has 0 aliphatic carbocycles. The minimum atomic E-state index is -0.740. The molecule has 3 amide bonds. The molecule has 3 N–H and O–H groups in total. The molecule has 0 spiro atoms. The predicted octanol–water partition coefficient (Wildman–Crippen LogP) is 13.8. The molecule has 0 unspecified atom stereocenters. The van der Waals surface area contributed by atoms with Gasteiger partial charge in [0.1, 0.15) is 0 Å². The summed E-state index contributed by atoms with van der Waals surface area (Å²) in [4.78, 5) is 73.2. The number of H-pyrrole nitrogens is 2. The van der Waals surface area contributed by atoms with Crippen LogP contribution in [0.1, 0.15) is 105 Å². The molecule has 11 nitrogen and oxygen atoms in total. The lowest BCUT2D eigenvalue weighted by molar-refractivity contribution is -0.197. The van der Waals surface area contributed by atoms with Crippen molar-refractivity contribution in [1.29, 1.82) is 0 Å². The number of imide groups is 1. The van der Waals surface area contributed by atoms with E-state index in [0.29, 0.717) is 10.8 Å². The highest BCUT2D eigenvalue weighted by Gasteiger charge is 2.33. The van der Waals surface area contributed by atoms with Crippen LogP contribution in [0.3, 0.4) is 0 Å². The number of anilines is 1. The molecule has 6 heterocycles. The Labute approximate surface area is 425 Å². The Bertz CT molecular complexity index is 3600. The maximum absolute atomic E-state index is 13.1. The van der Waals surface area contributed by atoms with Crippen LogP contribution in [-0.2, 0) is 24.0 Å². The van der Waals surface area contributed by atoms with Gasteiger partial charge in [0, 0.05) is 75.7 Å².